The lowest BCUT2D eigenvalue weighted by molar-refractivity contribution is 0.0600. The smallest absolute Gasteiger partial charge is 0.337 e. The second-order valence-corrected chi connectivity index (χ2v) is 5.85. The van der Waals surface area contributed by atoms with Gasteiger partial charge in [0.1, 0.15) is 0 Å². The van der Waals surface area contributed by atoms with E-state index in [9.17, 15) is 4.79 Å². The van der Waals surface area contributed by atoms with Crippen molar-refractivity contribution in [3.05, 3.63) is 35.4 Å². The van der Waals surface area contributed by atoms with E-state index in [1.165, 1.54) is 38.6 Å². The van der Waals surface area contributed by atoms with E-state index in [0.29, 0.717) is 11.6 Å². The number of rotatable bonds is 3. The van der Waals surface area contributed by atoms with Crippen molar-refractivity contribution in [2.75, 3.05) is 26.7 Å². The summed E-state index contributed by atoms with van der Waals surface area (Å²) < 4.78 is 4.72. The van der Waals surface area contributed by atoms with Crippen molar-refractivity contribution >= 4 is 5.97 Å². The van der Waals surface area contributed by atoms with Gasteiger partial charge < -0.3 is 10.1 Å². The van der Waals surface area contributed by atoms with E-state index >= 15 is 0 Å². The topological polar surface area (TPSA) is 41.6 Å². The summed E-state index contributed by atoms with van der Waals surface area (Å²) in [5.41, 5.74) is 1.88. The van der Waals surface area contributed by atoms with Gasteiger partial charge in [-0.25, -0.2) is 4.79 Å². The SMILES string of the molecule is COC(=O)c1ccc(CN2C[C@@H]3CCCN[C@@H]3C2)cc1. The Kier molecular flexibility index (Phi) is 4.03. The quantitative estimate of drug-likeness (QED) is 0.851. The number of piperidine rings is 1. The van der Waals surface area contributed by atoms with E-state index in [1.807, 2.05) is 24.3 Å². The van der Waals surface area contributed by atoms with Crippen LogP contribution in [-0.4, -0.2) is 43.7 Å². The number of ether oxygens (including phenoxy) is 1. The summed E-state index contributed by atoms with van der Waals surface area (Å²) >= 11 is 0. The number of methoxy groups -OCH3 is 1. The highest BCUT2D eigenvalue weighted by Gasteiger charge is 2.33. The molecule has 0 radical (unpaired) electrons. The fourth-order valence-corrected chi connectivity index (χ4v) is 3.39. The maximum Gasteiger partial charge on any atom is 0.337 e. The number of fused-ring (bicyclic) bond motifs is 1. The fraction of sp³-hybridized carbons (Fsp3) is 0.562. The molecule has 1 N–H and O–H groups in total. The summed E-state index contributed by atoms with van der Waals surface area (Å²) in [6.45, 7) is 4.47. The first kappa shape index (κ1) is 13.6. The molecule has 2 saturated heterocycles. The zero-order chi connectivity index (χ0) is 13.9. The van der Waals surface area contributed by atoms with Crippen LogP contribution in [0.1, 0.15) is 28.8 Å². The molecule has 0 bridgehead atoms. The zero-order valence-corrected chi connectivity index (χ0v) is 12.0. The molecular weight excluding hydrogens is 252 g/mol. The van der Waals surface area contributed by atoms with Crippen LogP contribution in [0.25, 0.3) is 0 Å². The number of hydrogen-bond donors (Lipinski definition) is 1. The predicted molar refractivity (Wildman–Crippen MR) is 77.6 cm³/mol. The molecule has 0 saturated carbocycles. The number of carbonyl (C=O) groups is 1. The minimum Gasteiger partial charge on any atom is -0.465 e. The molecule has 2 aliphatic heterocycles. The van der Waals surface area contributed by atoms with Gasteiger partial charge in [0.2, 0.25) is 0 Å². The van der Waals surface area contributed by atoms with Crippen molar-refractivity contribution in [3.63, 3.8) is 0 Å². The third kappa shape index (κ3) is 2.86. The van der Waals surface area contributed by atoms with Crippen molar-refractivity contribution in [2.24, 2.45) is 5.92 Å². The summed E-state index contributed by atoms with van der Waals surface area (Å²) in [7, 11) is 1.41. The van der Waals surface area contributed by atoms with E-state index in [0.717, 1.165) is 19.0 Å². The van der Waals surface area contributed by atoms with Crippen molar-refractivity contribution < 1.29 is 9.53 Å². The minimum atomic E-state index is -0.270. The lowest BCUT2D eigenvalue weighted by atomic mass is 9.94. The molecule has 20 heavy (non-hydrogen) atoms. The molecule has 3 rings (SSSR count). The van der Waals surface area contributed by atoms with Gasteiger partial charge in [-0.2, -0.15) is 0 Å². The van der Waals surface area contributed by atoms with Gasteiger partial charge in [0, 0.05) is 25.7 Å². The molecule has 0 spiro atoms. The molecule has 4 heteroatoms. The second kappa shape index (κ2) is 5.94. The summed E-state index contributed by atoms with van der Waals surface area (Å²) in [4.78, 5) is 13.9. The van der Waals surface area contributed by atoms with Gasteiger partial charge in [0.25, 0.3) is 0 Å². The third-order valence-corrected chi connectivity index (χ3v) is 4.46. The van der Waals surface area contributed by atoms with Crippen molar-refractivity contribution in [1.29, 1.82) is 0 Å². The maximum absolute atomic E-state index is 11.4. The molecule has 0 aliphatic carbocycles. The van der Waals surface area contributed by atoms with Gasteiger partial charge in [-0.1, -0.05) is 12.1 Å². The van der Waals surface area contributed by atoms with Crippen LogP contribution in [0.2, 0.25) is 0 Å². The average molecular weight is 274 g/mol. The van der Waals surface area contributed by atoms with Crippen LogP contribution >= 0.6 is 0 Å². The van der Waals surface area contributed by atoms with Crippen molar-refractivity contribution in [1.82, 2.24) is 10.2 Å². The number of esters is 1. The molecule has 2 heterocycles. The largest absolute Gasteiger partial charge is 0.465 e. The van der Waals surface area contributed by atoms with Crippen LogP contribution in [0.4, 0.5) is 0 Å². The van der Waals surface area contributed by atoms with Gasteiger partial charge >= 0.3 is 5.97 Å². The Morgan fingerprint density at radius 1 is 1.35 bits per heavy atom. The number of nitrogens with zero attached hydrogens (tertiary/aromatic N) is 1. The molecule has 4 nitrogen and oxygen atoms in total. The summed E-state index contributed by atoms with van der Waals surface area (Å²) in [6.07, 6.45) is 2.66. The molecule has 2 atom stereocenters. The Morgan fingerprint density at radius 2 is 2.15 bits per heavy atom. The maximum atomic E-state index is 11.4. The highest BCUT2D eigenvalue weighted by Crippen LogP contribution is 2.26. The molecule has 2 fully saturated rings. The highest BCUT2D eigenvalue weighted by molar-refractivity contribution is 5.89. The van der Waals surface area contributed by atoms with E-state index in [4.69, 9.17) is 4.74 Å². The first-order valence-electron chi connectivity index (χ1n) is 7.39. The van der Waals surface area contributed by atoms with Crippen LogP contribution in [0.15, 0.2) is 24.3 Å². The van der Waals surface area contributed by atoms with Crippen LogP contribution < -0.4 is 5.32 Å². The molecular formula is C16H22N2O2. The Labute approximate surface area is 120 Å². The number of likely N-dealkylation sites (tertiary alicyclic amines) is 1. The number of carbonyl (C=O) groups excluding carboxylic acids is 1. The normalized spacial score (nSPS) is 26.2. The van der Waals surface area contributed by atoms with Crippen LogP contribution in [0.5, 0.6) is 0 Å². The molecule has 0 unspecified atom stereocenters. The number of hydrogen-bond acceptors (Lipinski definition) is 4. The lowest BCUT2D eigenvalue weighted by Gasteiger charge is -2.24. The van der Waals surface area contributed by atoms with E-state index < -0.39 is 0 Å². The standard InChI is InChI=1S/C16H22N2O2/c1-20-16(19)13-6-4-12(5-7-13)9-18-10-14-3-2-8-17-15(14)11-18/h4-7,14-15,17H,2-3,8-11H2,1H3/t14-,15+/m0/s1. The van der Waals surface area contributed by atoms with E-state index in [-0.39, 0.29) is 5.97 Å². The molecule has 0 amide bonds. The number of benzene rings is 1. The van der Waals surface area contributed by atoms with Crippen molar-refractivity contribution in [3.8, 4) is 0 Å². The first-order chi connectivity index (χ1) is 9.76. The Balaban J connectivity index is 1.59. The van der Waals surface area contributed by atoms with E-state index in [2.05, 4.69) is 10.2 Å². The van der Waals surface area contributed by atoms with Crippen LogP contribution in [0.3, 0.4) is 0 Å². The molecule has 0 aromatic heterocycles. The molecule has 1 aromatic carbocycles. The van der Waals surface area contributed by atoms with E-state index in [1.54, 1.807) is 0 Å². The molecule has 1 aromatic rings. The van der Waals surface area contributed by atoms with Crippen LogP contribution in [-0.2, 0) is 11.3 Å². The lowest BCUT2D eigenvalue weighted by Crippen LogP contribution is -2.40. The Hall–Kier alpha value is -1.39. The average Bonchev–Trinajstić information content (AvgIpc) is 2.89. The minimum absolute atomic E-state index is 0.270. The highest BCUT2D eigenvalue weighted by atomic mass is 16.5. The van der Waals surface area contributed by atoms with Gasteiger partial charge in [-0.05, 0) is 43.0 Å². The van der Waals surface area contributed by atoms with Gasteiger partial charge in [-0.15, -0.1) is 0 Å². The second-order valence-electron chi connectivity index (χ2n) is 5.85. The fourth-order valence-electron chi connectivity index (χ4n) is 3.39. The van der Waals surface area contributed by atoms with Gasteiger partial charge in [0.05, 0.1) is 12.7 Å². The third-order valence-electron chi connectivity index (χ3n) is 4.46. The predicted octanol–water partition coefficient (Wildman–Crippen LogP) is 1.66. The summed E-state index contributed by atoms with van der Waals surface area (Å²) in [5.74, 6) is 0.547. The first-order valence-corrected chi connectivity index (χ1v) is 7.39. The number of nitrogens with one attached hydrogen (secondary N) is 1. The van der Waals surface area contributed by atoms with Crippen molar-refractivity contribution in [2.45, 2.75) is 25.4 Å². The Morgan fingerprint density at radius 3 is 2.85 bits per heavy atom. The molecule has 2 aliphatic rings. The van der Waals surface area contributed by atoms with Crippen LogP contribution in [0, 0.1) is 5.92 Å². The molecule has 108 valence electrons. The zero-order valence-electron chi connectivity index (χ0n) is 12.0. The summed E-state index contributed by atoms with van der Waals surface area (Å²) in [5, 5.41) is 3.63. The Bertz CT molecular complexity index is 458. The monoisotopic (exact) mass is 274 g/mol. The van der Waals surface area contributed by atoms with Gasteiger partial charge in [0.15, 0.2) is 0 Å². The van der Waals surface area contributed by atoms with Gasteiger partial charge in [-0.3, -0.25) is 4.90 Å². The summed E-state index contributed by atoms with van der Waals surface area (Å²) in [6, 6.07) is 8.44.